The molecule has 26 heavy (non-hydrogen) atoms. The predicted octanol–water partition coefficient (Wildman–Crippen LogP) is 2.80. The van der Waals surface area contributed by atoms with Gasteiger partial charge in [0, 0.05) is 17.6 Å². The molecule has 0 spiro atoms. The van der Waals surface area contributed by atoms with Crippen LogP contribution in [0.15, 0.2) is 35.2 Å². The Labute approximate surface area is 155 Å². The molecule has 2 atom stereocenters. The summed E-state index contributed by atoms with van der Waals surface area (Å²) in [4.78, 5) is 17.2. The zero-order valence-electron chi connectivity index (χ0n) is 14.3. The number of thiazole rings is 1. The molecule has 0 radical (unpaired) electrons. The van der Waals surface area contributed by atoms with Crippen molar-refractivity contribution in [2.24, 2.45) is 0 Å². The minimum Gasteiger partial charge on any atom is -0.379 e. The van der Waals surface area contributed by atoms with E-state index in [1.54, 1.807) is 23.7 Å². The molecule has 2 fully saturated rings. The molecule has 1 saturated heterocycles. The van der Waals surface area contributed by atoms with E-state index in [0.29, 0.717) is 44.6 Å². The van der Waals surface area contributed by atoms with E-state index in [9.17, 15) is 9.18 Å². The van der Waals surface area contributed by atoms with Crippen LogP contribution in [0.5, 0.6) is 0 Å². The van der Waals surface area contributed by atoms with Crippen LogP contribution in [0.1, 0.15) is 30.5 Å². The molecule has 0 bridgehead atoms. The van der Waals surface area contributed by atoms with E-state index in [1.807, 2.05) is 5.38 Å². The number of nitrogens with zero attached hydrogens (tertiary/aromatic N) is 1. The standard InChI is InChI=1S/C19H21FN2O3S/c20-15-4-2-1-3-14(15)19(6-7-19)18(23)22-16-5-8-24-10-17(16)25-9-13-11-26-12-21-13/h1-4,11-12,16-17H,5-10H2,(H,22,23)/t16-,17-/m1/s1. The van der Waals surface area contributed by atoms with Gasteiger partial charge in [0.15, 0.2) is 0 Å². The molecule has 1 amide bonds. The van der Waals surface area contributed by atoms with Gasteiger partial charge in [-0.25, -0.2) is 9.37 Å². The molecule has 138 valence electrons. The van der Waals surface area contributed by atoms with E-state index in [1.165, 1.54) is 17.4 Å². The molecule has 5 nitrogen and oxygen atoms in total. The molecular weight excluding hydrogens is 355 g/mol. The maximum absolute atomic E-state index is 14.2. The average Bonchev–Trinajstić information content (AvgIpc) is 3.30. The second kappa shape index (κ2) is 7.42. The Bertz CT molecular complexity index is 764. The monoisotopic (exact) mass is 376 g/mol. The molecule has 2 aliphatic rings. The SMILES string of the molecule is O=C(N[C@@H]1CCOC[C@H]1OCc1cscn1)C1(c2ccccc2F)CC1. The Kier molecular flexibility index (Phi) is 5.02. The number of benzene rings is 1. The number of carbonyl (C=O) groups is 1. The molecular formula is C19H21FN2O3S. The number of nitrogens with one attached hydrogen (secondary N) is 1. The highest BCUT2D eigenvalue weighted by Crippen LogP contribution is 2.49. The smallest absolute Gasteiger partial charge is 0.231 e. The fourth-order valence-corrected chi connectivity index (χ4v) is 3.99. The normalized spacial score (nSPS) is 24.2. The van der Waals surface area contributed by atoms with Crippen molar-refractivity contribution in [3.63, 3.8) is 0 Å². The van der Waals surface area contributed by atoms with E-state index in [2.05, 4.69) is 10.3 Å². The number of aromatic nitrogens is 1. The second-order valence-corrected chi connectivity index (χ2v) is 7.55. The minimum atomic E-state index is -0.733. The Hall–Kier alpha value is -1.83. The van der Waals surface area contributed by atoms with Crippen molar-refractivity contribution >= 4 is 17.2 Å². The predicted molar refractivity (Wildman–Crippen MR) is 95.4 cm³/mol. The molecule has 7 heteroatoms. The molecule has 1 N–H and O–H groups in total. The van der Waals surface area contributed by atoms with Crippen LogP contribution in [0.25, 0.3) is 0 Å². The highest BCUT2D eigenvalue weighted by Gasteiger charge is 2.53. The second-order valence-electron chi connectivity index (χ2n) is 6.83. The fourth-order valence-electron chi connectivity index (χ4n) is 3.44. The Morgan fingerprint density at radius 3 is 3.00 bits per heavy atom. The van der Waals surface area contributed by atoms with Gasteiger partial charge in [0.2, 0.25) is 5.91 Å². The van der Waals surface area contributed by atoms with E-state index >= 15 is 0 Å². The van der Waals surface area contributed by atoms with Crippen LogP contribution < -0.4 is 5.32 Å². The maximum Gasteiger partial charge on any atom is 0.231 e. The molecule has 4 rings (SSSR count). The van der Waals surface area contributed by atoms with Crippen molar-refractivity contribution in [3.05, 3.63) is 52.2 Å². The zero-order valence-corrected chi connectivity index (χ0v) is 15.1. The van der Waals surface area contributed by atoms with Gasteiger partial charge in [0.1, 0.15) is 11.9 Å². The van der Waals surface area contributed by atoms with Crippen LogP contribution in [-0.4, -0.2) is 36.3 Å². The van der Waals surface area contributed by atoms with E-state index in [-0.39, 0.29) is 23.9 Å². The number of halogens is 1. The molecule has 1 aromatic heterocycles. The largest absolute Gasteiger partial charge is 0.379 e. The molecule has 1 aliphatic carbocycles. The number of amides is 1. The van der Waals surface area contributed by atoms with Crippen LogP contribution in [0.2, 0.25) is 0 Å². The van der Waals surface area contributed by atoms with Crippen molar-refractivity contribution in [3.8, 4) is 0 Å². The number of carbonyl (C=O) groups excluding carboxylic acids is 1. The molecule has 1 saturated carbocycles. The van der Waals surface area contributed by atoms with E-state index < -0.39 is 5.41 Å². The lowest BCUT2D eigenvalue weighted by atomic mass is 9.93. The summed E-state index contributed by atoms with van der Waals surface area (Å²) >= 11 is 1.52. The average molecular weight is 376 g/mol. The Morgan fingerprint density at radius 2 is 2.27 bits per heavy atom. The molecule has 1 aliphatic heterocycles. The summed E-state index contributed by atoms with van der Waals surface area (Å²) in [5, 5.41) is 5.04. The van der Waals surface area contributed by atoms with Gasteiger partial charge in [-0.05, 0) is 25.3 Å². The van der Waals surface area contributed by atoms with Gasteiger partial charge in [0.05, 0.1) is 35.9 Å². The summed E-state index contributed by atoms with van der Waals surface area (Å²) in [6.07, 6.45) is 1.80. The quantitative estimate of drug-likeness (QED) is 0.842. The van der Waals surface area contributed by atoms with Gasteiger partial charge in [-0.2, -0.15) is 0 Å². The lowest BCUT2D eigenvalue weighted by Gasteiger charge is -2.33. The first-order valence-electron chi connectivity index (χ1n) is 8.81. The summed E-state index contributed by atoms with van der Waals surface area (Å²) in [6.45, 7) is 1.40. The third-order valence-corrected chi connectivity index (χ3v) is 5.76. The van der Waals surface area contributed by atoms with Crippen LogP contribution in [0.4, 0.5) is 4.39 Å². The molecule has 1 aromatic carbocycles. The zero-order chi connectivity index (χ0) is 18.0. The number of ether oxygens (including phenoxy) is 2. The number of hydrogen-bond acceptors (Lipinski definition) is 5. The van der Waals surface area contributed by atoms with E-state index in [4.69, 9.17) is 9.47 Å². The van der Waals surface area contributed by atoms with Gasteiger partial charge in [0.25, 0.3) is 0 Å². The van der Waals surface area contributed by atoms with Crippen LogP contribution in [0, 0.1) is 5.82 Å². The van der Waals surface area contributed by atoms with E-state index in [0.717, 1.165) is 5.69 Å². The Balaban J connectivity index is 1.43. The number of hydrogen-bond donors (Lipinski definition) is 1. The maximum atomic E-state index is 14.2. The highest BCUT2D eigenvalue weighted by atomic mass is 32.1. The Morgan fingerprint density at radius 1 is 1.42 bits per heavy atom. The van der Waals surface area contributed by atoms with Crippen LogP contribution in [0.3, 0.4) is 0 Å². The summed E-state index contributed by atoms with van der Waals surface area (Å²) in [5.74, 6) is -0.430. The van der Waals surface area contributed by atoms with Gasteiger partial charge >= 0.3 is 0 Å². The van der Waals surface area contributed by atoms with Crippen molar-refractivity contribution in [2.75, 3.05) is 13.2 Å². The number of rotatable bonds is 6. The van der Waals surface area contributed by atoms with Crippen molar-refractivity contribution in [1.29, 1.82) is 0 Å². The van der Waals surface area contributed by atoms with Crippen LogP contribution >= 0.6 is 11.3 Å². The summed E-state index contributed by atoms with van der Waals surface area (Å²) in [7, 11) is 0. The third kappa shape index (κ3) is 3.51. The summed E-state index contributed by atoms with van der Waals surface area (Å²) < 4.78 is 25.6. The lowest BCUT2D eigenvalue weighted by molar-refractivity contribution is -0.129. The van der Waals surface area contributed by atoms with Gasteiger partial charge in [-0.1, -0.05) is 18.2 Å². The third-order valence-electron chi connectivity index (χ3n) is 5.12. The van der Waals surface area contributed by atoms with Gasteiger partial charge in [-0.3, -0.25) is 4.79 Å². The molecule has 2 heterocycles. The first-order valence-corrected chi connectivity index (χ1v) is 9.76. The topological polar surface area (TPSA) is 60.5 Å². The van der Waals surface area contributed by atoms with Crippen molar-refractivity contribution in [1.82, 2.24) is 10.3 Å². The van der Waals surface area contributed by atoms with Gasteiger partial charge < -0.3 is 14.8 Å². The molecule has 0 unspecified atom stereocenters. The summed E-state index contributed by atoms with van der Waals surface area (Å²) in [5.41, 5.74) is 2.39. The fraction of sp³-hybridized carbons (Fsp3) is 0.474. The van der Waals surface area contributed by atoms with Crippen LogP contribution in [-0.2, 0) is 26.3 Å². The first kappa shape index (κ1) is 17.6. The van der Waals surface area contributed by atoms with Crippen molar-refractivity contribution in [2.45, 2.75) is 43.4 Å². The van der Waals surface area contributed by atoms with Crippen molar-refractivity contribution < 1.29 is 18.7 Å². The minimum absolute atomic E-state index is 0.114. The summed E-state index contributed by atoms with van der Waals surface area (Å²) in [6, 6.07) is 6.41. The first-order chi connectivity index (χ1) is 12.7. The highest BCUT2D eigenvalue weighted by molar-refractivity contribution is 7.07. The van der Waals surface area contributed by atoms with Gasteiger partial charge in [-0.15, -0.1) is 11.3 Å². The molecule has 2 aromatic rings. The lowest BCUT2D eigenvalue weighted by Crippen LogP contribution is -2.52.